The smallest absolute Gasteiger partial charge is 0.335 e. The van der Waals surface area contributed by atoms with Crippen LogP contribution in [0.5, 0.6) is 0 Å². The van der Waals surface area contributed by atoms with Crippen LogP contribution in [-0.4, -0.2) is 31.7 Å². The van der Waals surface area contributed by atoms with Crippen molar-refractivity contribution in [3.8, 4) is 17.2 Å². The zero-order chi connectivity index (χ0) is 29.6. The molecule has 1 saturated carbocycles. The van der Waals surface area contributed by atoms with Crippen molar-refractivity contribution in [2.45, 2.75) is 24.9 Å². The van der Waals surface area contributed by atoms with Gasteiger partial charge in [0.1, 0.15) is 0 Å². The molecule has 1 fully saturated rings. The lowest BCUT2D eigenvalue weighted by Crippen LogP contribution is -2.35. The van der Waals surface area contributed by atoms with Crippen LogP contribution in [0.4, 0.5) is 0 Å². The van der Waals surface area contributed by atoms with Crippen molar-refractivity contribution in [3.63, 3.8) is 0 Å². The summed E-state index contributed by atoms with van der Waals surface area (Å²) >= 11 is 0. The summed E-state index contributed by atoms with van der Waals surface area (Å²) in [6.45, 7) is 0.382. The first-order chi connectivity index (χ1) is 20.9. The maximum absolute atomic E-state index is 14.1. The van der Waals surface area contributed by atoms with E-state index in [9.17, 15) is 20.0 Å². The summed E-state index contributed by atoms with van der Waals surface area (Å²) in [6.07, 6.45) is 3.27. The Morgan fingerprint density at radius 3 is 2.40 bits per heavy atom. The topological polar surface area (TPSA) is 121 Å². The minimum absolute atomic E-state index is 0.203. The lowest BCUT2D eigenvalue weighted by molar-refractivity contribution is 0.0696. The van der Waals surface area contributed by atoms with Crippen molar-refractivity contribution < 1.29 is 14.7 Å². The highest BCUT2D eigenvalue weighted by atomic mass is 16.4. The van der Waals surface area contributed by atoms with Gasteiger partial charge in [0.2, 0.25) is 0 Å². The lowest BCUT2D eigenvalue weighted by atomic mass is 9.98. The van der Waals surface area contributed by atoms with Gasteiger partial charge in [-0.1, -0.05) is 48.5 Å². The summed E-state index contributed by atoms with van der Waals surface area (Å²) in [5.41, 5.74) is 5.67. The fourth-order valence-electron chi connectivity index (χ4n) is 5.61. The highest BCUT2D eigenvalue weighted by Crippen LogP contribution is 2.46. The number of aromatic carboxylic acids is 1. The fraction of sp³-hybridized carbons (Fsp3) is 0.114. The Kier molecular flexibility index (Phi) is 6.21. The molecule has 2 heterocycles. The maximum atomic E-state index is 14.1. The zero-order valence-electron chi connectivity index (χ0n) is 23.0. The molecular formula is C35H25N5O3. The first-order valence-electron chi connectivity index (χ1n) is 13.9. The van der Waals surface area contributed by atoms with Crippen LogP contribution in [0.1, 0.15) is 50.4 Å². The highest BCUT2D eigenvalue weighted by molar-refractivity contribution is 6.08. The number of benzene rings is 4. The van der Waals surface area contributed by atoms with E-state index >= 15 is 0 Å². The van der Waals surface area contributed by atoms with E-state index in [0.29, 0.717) is 23.2 Å². The van der Waals surface area contributed by atoms with Crippen LogP contribution in [0.25, 0.3) is 32.9 Å². The normalized spacial score (nSPS) is 13.5. The van der Waals surface area contributed by atoms with Crippen LogP contribution in [0.2, 0.25) is 0 Å². The van der Waals surface area contributed by atoms with Gasteiger partial charge in [-0.15, -0.1) is 0 Å². The molecule has 1 aliphatic rings. The van der Waals surface area contributed by atoms with E-state index in [1.807, 2.05) is 65.3 Å². The molecule has 2 aromatic heterocycles. The van der Waals surface area contributed by atoms with Gasteiger partial charge in [0.25, 0.3) is 5.91 Å². The number of nitrogens with one attached hydrogen (secondary N) is 1. The predicted octanol–water partition coefficient (Wildman–Crippen LogP) is 6.29. The summed E-state index contributed by atoms with van der Waals surface area (Å²) in [7, 11) is 0. The SMILES string of the molecule is N#Cc1ccc(-c2cc(C(=O)NC3(c4ccc(C(=O)O)cc4)CC3)c3c(cnn3Cc3ccc4ccccc4n3)c2)cc1. The Labute approximate surface area is 246 Å². The molecule has 1 amide bonds. The Bertz CT molecular complexity index is 2090. The Hall–Kier alpha value is -5.81. The molecule has 8 nitrogen and oxygen atoms in total. The number of fused-ring (bicyclic) bond motifs is 2. The van der Waals surface area contributed by atoms with Gasteiger partial charge in [-0.25, -0.2) is 4.79 Å². The minimum atomic E-state index is -0.989. The quantitative estimate of drug-likeness (QED) is 0.236. The highest BCUT2D eigenvalue weighted by Gasteiger charge is 2.46. The van der Waals surface area contributed by atoms with Crippen LogP contribution in [0.3, 0.4) is 0 Å². The molecule has 6 aromatic rings. The summed E-state index contributed by atoms with van der Waals surface area (Å²) < 4.78 is 1.81. The number of hydrogen-bond acceptors (Lipinski definition) is 5. The van der Waals surface area contributed by atoms with Gasteiger partial charge in [-0.3, -0.25) is 14.5 Å². The third-order valence-electron chi connectivity index (χ3n) is 8.08. The monoisotopic (exact) mass is 563 g/mol. The molecule has 0 saturated heterocycles. The van der Waals surface area contributed by atoms with Crippen molar-refractivity contribution in [2.24, 2.45) is 0 Å². The summed E-state index contributed by atoms with van der Waals surface area (Å²) in [6, 6.07) is 31.9. The molecule has 0 bridgehead atoms. The molecule has 0 atom stereocenters. The number of carboxylic acids is 1. The first-order valence-corrected chi connectivity index (χ1v) is 13.9. The number of amides is 1. The van der Waals surface area contributed by atoms with Crippen molar-refractivity contribution in [3.05, 3.63) is 131 Å². The molecule has 0 spiro atoms. The number of para-hydroxylation sites is 1. The largest absolute Gasteiger partial charge is 0.478 e. The van der Waals surface area contributed by atoms with Crippen molar-refractivity contribution >= 4 is 33.7 Å². The van der Waals surface area contributed by atoms with E-state index in [1.165, 1.54) is 0 Å². The average Bonchev–Trinajstić information content (AvgIpc) is 3.72. The number of pyridine rings is 1. The van der Waals surface area contributed by atoms with Gasteiger partial charge in [0, 0.05) is 10.8 Å². The Morgan fingerprint density at radius 1 is 0.907 bits per heavy atom. The van der Waals surface area contributed by atoms with Crippen LogP contribution in [0, 0.1) is 11.3 Å². The molecule has 0 unspecified atom stereocenters. The molecule has 2 N–H and O–H groups in total. The Morgan fingerprint density at radius 2 is 1.67 bits per heavy atom. The third-order valence-corrected chi connectivity index (χ3v) is 8.08. The third kappa shape index (κ3) is 4.87. The lowest BCUT2D eigenvalue weighted by Gasteiger charge is -2.19. The molecule has 0 aliphatic heterocycles. The van der Waals surface area contributed by atoms with Crippen LogP contribution < -0.4 is 5.32 Å². The number of rotatable bonds is 7. The van der Waals surface area contributed by atoms with Gasteiger partial charge in [0.05, 0.1) is 57.8 Å². The summed E-state index contributed by atoms with van der Waals surface area (Å²) in [4.78, 5) is 30.3. The van der Waals surface area contributed by atoms with E-state index in [4.69, 9.17) is 4.98 Å². The van der Waals surface area contributed by atoms with Crippen LogP contribution in [-0.2, 0) is 12.1 Å². The van der Waals surface area contributed by atoms with Gasteiger partial charge in [0.15, 0.2) is 0 Å². The van der Waals surface area contributed by atoms with E-state index in [2.05, 4.69) is 16.5 Å². The van der Waals surface area contributed by atoms with Gasteiger partial charge in [-0.2, -0.15) is 10.4 Å². The second-order valence-electron chi connectivity index (χ2n) is 10.9. The number of aromatic nitrogens is 3. The van der Waals surface area contributed by atoms with E-state index in [1.54, 1.807) is 42.6 Å². The summed E-state index contributed by atoms with van der Waals surface area (Å²) in [5.74, 6) is -1.23. The number of carbonyl (C=O) groups excluding carboxylic acids is 1. The first kappa shape index (κ1) is 26.1. The van der Waals surface area contributed by atoms with E-state index < -0.39 is 11.5 Å². The minimum Gasteiger partial charge on any atom is -0.478 e. The molecule has 8 heteroatoms. The maximum Gasteiger partial charge on any atom is 0.335 e. The van der Waals surface area contributed by atoms with E-state index in [-0.39, 0.29) is 11.5 Å². The van der Waals surface area contributed by atoms with Gasteiger partial charge < -0.3 is 10.4 Å². The number of nitriles is 1. The van der Waals surface area contributed by atoms with E-state index in [0.717, 1.165) is 51.5 Å². The molecule has 4 aromatic carbocycles. The van der Waals surface area contributed by atoms with Crippen molar-refractivity contribution in [1.82, 2.24) is 20.1 Å². The molecule has 7 rings (SSSR count). The van der Waals surface area contributed by atoms with Crippen LogP contribution in [0.15, 0.2) is 103 Å². The number of hydrogen-bond donors (Lipinski definition) is 2. The standard InChI is InChI=1S/C35H25N5O3/c36-19-22-5-7-23(8-6-22)26-17-27-20-37-40(21-29-14-11-24-3-1-2-4-31(24)38-29)32(27)30(18-26)33(41)39-35(15-16-35)28-12-9-25(10-13-28)34(42)43/h1-14,17-18,20H,15-16,21H2,(H,39,41)(H,42,43). The fourth-order valence-corrected chi connectivity index (χ4v) is 5.61. The molecule has 43 heavy (non-hydrogen) atoms. The van der Waals surface area contributed by atoms with Crippen LogP contribution >= 0.6 is 0 Å². The van der Waals surface area contributed by atoms with Gasteiger partial charge >= 0.3 is 5.97 Å². The zero-order valence-corrected chi connectivity index (χ0v) is 23.0. The second kappa shape index (κ2) is 10.2. The van der Waals surface area contributed by atoms with Gasteiger partial charge in [-0.05, 0) is 78.1 Å². The Balaban J connectivity index is 1.29. The second-order valence-corrected chi connectivity index (χ2v) is 10.9. The molecule has 0 radical (unpaired) electrons. The number of carbonyl (C=O) groups is 2. The number of carboxylic acid groups (broad SMARTS) is 1. The van der Waals surface area contributed by atoms with Crippen molar-refractivity contribution in [1.29, 1.82) is 5.26 Å². The summed E-state index contributed by atoms with van der Waals surface area (Å²) in [5, 5.41) is 28.3. The molecular weight excluding hydrogens is 538 g/mol. The average molecular weight is 564 g/mol. The predicted molar refractivity (Wildman–Crippen MR) is 163 cm³/mol. The molecule has 208 valence electrons. The number of nitrogens with zero attached hydrogens (tertiary/aromatic N) is 4. The molecule has 1 aliphatic carbocycles. The van der Waals surface area contributed by atoms with Crippen molar-refractivity contribution in [2.75, 3.05) is 0 Å².